The van der Waals surface area contributed by atoms with Gasteiger partial charge in [0.25, 0.3) is 5.91 Å². The summed E-state index contributed by atoms with van der Waals surface area (Å²) in [7, 11) is 0. The Morgan fingerprint density at radius 1 is 1.30 bits per heavy atom. The normalized spacial score (nSPS) is 17.6. The molecule has 0 aliphatic heterocycles. The lowest BCUT2D eigenvalue weighted by molar-refractivity contribution is -0.0336. The number of nitriles is 1. The van der Waals surface area contributed by atoms with E-state index in [1.807, 2.05) is 6.07 Å². The molecular formula is C18H20F3N3O2S. The standard InChI is InChI=1S/C18H20F3N3O2S/c19-18(20,21)27-23-7-8-26-13-9-12-3-1-2-4-14(12)15(10-13)16(25)24-17(11-22)5-6-17/h9-10,23H,1-8H2,(H,24,25). The summed E-state index contributed by atoms with van der Waals surface area (Å²) in [6.07, 6.45) is 4.94. The number of amides is 1. The Hall–Kier alpha value is -1.92. The Morgan fingerprint density at radius 3 is 2.70 bits per heavy atom. The fourth-order valence-electron chi connectivity index (χ4n) is 3.14. The molecule has 146 valence electrons. The minimum Gasteiger partial charge on any atom is -0.492 e. The number of carbonyl (C=O) groups excluding carboxylic acids is 1. The van der Waals surface area contributed by atoms with Crippen molar-refractivity contribution < 1.29 is 22.7 Å². The lowest BCUT2D eigenvalue weighted by Gasteiger charge is -2.21. The summed E-state index contributed by atoms with van der Waals surface area (Å²) in [6.45, 7) is 0.0609. The van der Waals surface area contributed by atoms with Crippen molar-refractivity contribution >= 4 is 17.9 Å². The number of rotatable bonds is 7. The molecule has 1 aromatic rings. The minimum atomic E-state index is -4.34. The third kappa shape index (κ3) is 5.30. The molecule has 0 aromatic heterocycles. The fourth-order valence-corrected chi connectivity index (χ4v) is 3.49. The molecule has 1 saturated carbocycles. The summed E-state index contributed by atoms with van der Waals surface area (Å²) in [6, 6.07) is 5.63. The molecule has 2 N–H and O–H groups in total. The van der Waals surface area contributed by atoms with Crippen molar-refractivity contribution in [2.24, 2.45) is 0 Å². The number of halogens is 3. The van der Waals surface area contributed by atoms with Crippen LogP contribution < -0.4 is 14.8 Å². The number of fused-ring (bicyclic) bond motifs is 1. The van der Waals surface area contributed by atoms with E-state index in [-0.39, 0.29) is 31.0 Å². The summed E-state index contributed by atoms with van der Waals surface area (Å²) in [5.41, 5.74) is -2.58. The first kappa shape index (κ1) is 19.8. The van der Waals surface area contributed by atoms with Crippen LogP contribution in [0, 0.1) is 11.3 Å². The molecule has 1 amide bonds. The maximum Gasteiger partial charge on any atom is 0.456 e. The van der Waals surface area contributed by atoms with E-state index in [9.17, 15) is 23.2 Å². The number of aryl methyl sites for hydroxylation is 1. The van der Waals surface area contributed by atoms with Crippen molar-refractivity contribution in [3.63, 3.8) is 0 Å². The van der Waals surface area contributed by atoms with Gasteiger partial charge in [-0.25, -0.2) is 0 Å². The summed E-state index contributed by atoms with van der Waals surface area (Å²) >= 11 is -0.309. The number of nitrogens with one attached hydrogen (secondary N) is 2. The van der Waals surface area contributed by atoms with Crippen molar-refractivity contribution in [2.45, 2.75) is 49.6 Å². The zero-order chi connectivity index (χ0) is 19.5. The molecular weight excluding hydrogens is 379 g/mol. The molecule has 2 aliphatic carbocycles. The quantitative estimate of drug-likeness (QED) is 0.542. The maximum atomic E-state index is 12.7. The van der Waals surface area contributed by atoms with E-state index in [4.69, 9.17) is 4.74 Å². The molecule has 9 heteroatoms. The molecule has 1 aromatic carbocycles. The second kappa shape index (κ2) is 7.98. The van der Waals surface area contributed by atoms with Gasteiger partial charge in [-0.05, 0) is 61.8 Å². The third-order valence-electron chi connectivity index (χ3n) is 4.66. The topological polar surface area (TPSA) is 74.2 Å². The monoisotopic (exact) mass is 399 g/mol. The molecule has 0 heterocycles. The summed E-state index contributed by atoms with van der Waals surface area (Å²) in [4.78, 5) is 12.7. The van der Waals surface area contributed by atoms with Crippen molar-refractivity contribution in [1.29, 1.82) is 5.26 Å². The molecule has 0 unspecified atom stereocenters. The van der Waals surface area contributed by atoms with E-state index in [0.717, 1.165) is 36.8 Å². The van der Waals surface area contributed by atoms with Crippen LogP contribution in [0.5, 0.6) is 5.75 Å². The highest BCUT2D eigenvalue weighted by atomic mass is 32.2. The zero-order valence-corrected chi connectivity index (χ0v) is 15.4. The van der Waals surface area contributed by atoms with Crippen molar-refractivity contribution in [3.8, 4) is 11.8 Å². The zero-order valence-electron chi connectivity index (χ0n) is 14.6. The van der Waals surface area contributed by atoms with Crippen LogP contribution in [0.4, 0.5) is 13.2 Å². The molecule has 27 heavy (non-hydrogen) atoms. The largest absolute Gasteiger partial charge is 0.492 e. The molecule has 2 aliphatic rings. The highest BCUT2D eigenvalue weighted by molar-refractivity contribution is 7.98. The molecule has 5 nitrogen and oxygen atoms in total. The van der Waals surface area contributed by atoms with Gasteiger partial charge in [0.2, 0.25) is 0 Å². The fraction of sp³-hybridized carbons (Fsp3) is 0.556. The molecule has 0 bridgehead atoms. The Morgan fingerprint density at radius 2 is 2.04 bits per heavy atom. The van der Waals surface area contributed by atoms with Crippen LogP contribution in [0.1, 0.15) is 47.2 Å². The van der Waals surface area contributed by atoms with E-state index in [1.165, 1.54) is 0 Å². The van der Waals surface area contributed by atoms with Crippen LogP contribution in [-0.4, -0.2) is 30.1 Å². The average Bonchev–Trinajstić information content (AvgIpc) is 3.39. The number of carbonyl (C=O) groups is 1. The summed E-state index contributed by atoms with van der Waals surface area (Å²) in [5.74, 6) is 0.171. The molecule has 3 rings (SSSR count). The van der Waals surface area contributed by atoms with Gasteiger partial charge in [-0.3, -0.25) is 9.52 Å². The van der Waals surface area contributed by atoms with E-state index in [2.05, 4.69) is 16.1 Å². The van der Waals surface area contributed by atoms with Gasteiger partial charge in [0.1, 0.15) is 17.9 Å². The first-order chi connectivity index (χ1) is 12.8. The Balaban J connectivity index is 1.68. The van der Waals surface area contributed by atoms with Gasteiger partial charge in [-0.15, -0.1) is 0 Å². The van der Waals surface area contributed by atoms with Gasteiger partial charge in [0, 0.05) is 24.1 Å². The van der Waals surface area contributed by atoms with Gasteiger partial charge < -0.3 is 10.1 Å². The average molecular weight is 399 g/mol. The van der Waals surface area contributed by atoms with Gasteiger partial charge in [0.15, 0.2) is 0 Å². The number of nitrogens with zero attached hydrogens (tertiary/aromatic N) is 1. The SMILES string of the molecule is N#CC1(NC(=O)c2cc(OCCNSC(F)(F)F)cc3c2CCCC3)CC1. The van der Waals surface area contributed by atoms with Crippen LogP contribution in [0.15, 0.2) is 12.1 Å². The predicted molar refractivity (Wildman–Crippen MR) is 95.3 cm³/mol. The first-order valence-electron chi connectivity index (χ1n) is 8.82. The third-order valence-corrected chi connectivity index (χ3v) is 5.24. The Kier molecular flexibility index (Phi) is 5.86. The smallest absolute Gasteiger partial charge is 0.456 e. The second-order valence-electron chi connectivity index (χ2n) is 6.75. The number of hydrogen-bond donors (Lipinski definition) is 2. The van der Waals surface area contributed by atoms with Gasteiger partial charge >= 0.3 is 5.51 Å². The number of alkyl halides is 3. The van der Waals surface area contributed by atoms with Crippen LogP contribution in [0.3, 0.4) is 0 Å². The Labute approximate surface area is 159 Å². The molecule has 0 spiro atoms. The van der Waals surface area contributed by atoms with Crippen LogP contribution in [-0.2, 0) is 12.8 Å². The molecule has 0 radical (unpaired) electrons. The maximum absolute atomic E-state index is 12.7. The lowest BCUT2D eigenvalue weighted by Crippen LogP contribution is -2.36. The predicted octanol–water partition coefficient (Wildman–Crippen LogP) is 3.49. The van der Waals surface area contributed by atoms with Crippen molar-refractivity contribution in [2.75, 3.05) is 13.2 Å². The van der Waals surface area contributed by atoms with E-state index < -0.39 is 11.0 Å². The highest BCUT2D eigenvalue weighted by Gasteiger charge is 2.45. The summed E-state index contributed by atoms with van der Waals surface area (Å²) < 4.78 is 44.0. The van der Waals surface area contributed by atoms with E-state index in [0.29, 0.717) is 24.2 Å². The van der Waals surface area contributed by atoms with Crippen LogP contribution in [0.25, 0.3) is 0 Å². The van der Waals surface area contributed by atoms with Crippen molar-refractivity contribution in [3.05, 3.63) is 28.8 Å². The van der Waals surface area contributed by atoms with Crippen LogP contribution >= 0.6 is 11.9 Å². The van der Waals surface area contributed by atoms with Crippen LogP contribution in [0.2, 0.25) is 0 Å². The molecule has 0 atom stereocenters. The van der Waals surface area contributed by atoms with Crippen molar-refractivity contribution in [1.82, 2.24) is 10.0 Å². The second-order valence-corrected chi connectivity index (χ2v) is 7.71. The van der Waals surface area contributed by atoms with Gasteiger partial charge in [-0.2, -0.15) is 18.4 Å². The number of ether oxygens (including phenoxy) is 1. The van der Waals surface area contributed by atoms with Gasteiger partial charge in [0.05, 0.1) is 6.07 Å². The summed E-state index contributed by atoms with van der Waals surface area (Å²) in [5, 5.41) is 12.0. The molecule has 0 saturated heterocycles. The van der Waals surface area contributed by atoms with Gasteiger partial charge in [-0.1, -0.05) is 0 Å². The highest BCUT2D eigenvalue weighted by Crippen LogP contribution is 2.36. The molecule has 1 fully saturated rings. The van der Waals surface area contributed by atoms with E-state index >= 15 is 0 Å². The van der Waals surface area contributed by atoms with E-state index in [1.54, 1.807) is 6.07 Å². The Bertz CT molecular complexity index is 757. The first-order valence-corrected chi connectivity index (χ1v) is 9.63. The number of benzene rings is 1. The minimum absolute atomic E-state index is 0.0142. The number of hydrogen-bond acceptors (Lipinski definition) is 5. The lowest BCUT2D eigenvalue weighted by atomic mass is 9.87.